The minimum Gasteiger partial charge on any atom is -0.481 e. The van der Waals surface area contributed by atoms with Gasteiger partial charge in [0.1, 0.15) is 5.75 Å². The Hall–Kier alpha value is -3.81. The van der Waals surface area contributed by atoms with Gasteiger partial charge in [-0.15, -0.1) is 13.2 Å². The predicted octanol–water partition coefficient (Wildman–Crippen LogP) is 6.56. The molecule has 0 aliphatic heterocycles. The third kappa shape index (κ3) is 5.26. The standard InChI is InChI=1S/C30H28F3NO4/c31-30(32,33)38-26-3-1-2-22(17-26)20-5-10-23(11-6-20)29(18-19-4-9-25(29)16-19)24-12-7-21(8-13-24)28(37)34-15-14-27(35)36/h1-3,5-8,10-13,17,19,25H,4,9,14-16,18H2,(H,34,37)(H,35,36). The molecular formula is C30H28F3NO4. The lowest BCUT2D eigenvalue weighted by atomic mass is 9.64. The van der Waals surface area contributed by atoms with Crippen molar-refractivity contribution in [2.45, 2.75) is 43.9 Å². The van der Waals surface area contributed by atoms with Crippen molar-refractivity contribution >= 4 is 11.9 Å². The topological polar surface area (TPSA) is 75.6 Å². The van der Waals surface area contributed by atoms with Crippen molar-refractivity contribution < 1.29 is 32.6 Å². The zero-order valence-corrected chi connectivity index (χ0v) is 20.6. The number of halogens is 3. The summed E-state index contributed by atoms with van der Waals surface area (Å²) in [6.07, 6.45) is -0.385. The van der Waals surface area contributed by atoms with Crippen LogP contribution < -0.4 is 10.1 Å². The van der Waals surface area contributed by atoms with E-state index in [9.17, 15) is 22.8 Å². The van der Waals surface area contributed by atoms with E-state index in [0.29, 0.717) is 23.0 Å². The molecule has 0 aromatic heterocycles. The molecule has 3 aromatic rings. The van der Waals surface area contributed by atoms with Crippen LogP contribution in [0.15, 0.2) is 72.8 Å². The van der Waals surface area contributed by atoms with Gasteiger partial charge < -0.3 is 15.2 Å². The van der Waals surface area contributed by atoms with Gasteiger partial charge in [-0.2, -0.15) is 0 Å². The van der Waals surface area contributed by atoms with E-state index in [1.807, 2.05) is 24.3 Å². The van der Waals surface area contributed by atoms with Gasteiger partial charge in [0.2, 0.25) is 0 Å². The van der Waals surface area contributed by atoms with Crippen molar-refractivity contribution in [1.82, 2.24) is 5.32 Å². The summed E-state index contributed by atoms with van der Waals surface area (Å²) < 4.78 is 42.1. The van der Waals surface area contributed by atoms with Gasteiger partial charge in [-0.1, -0.05) is 55.0 Å². The molecule has 8 heteroatoms. The van der Waals surface area contributed by atoms with Gasteiger partial charge in [0.25, 0.3) is 5.91 Å². The van der Waals surface area contributed by atoms with Crippen LogP contribution in [0.3, 0.4) is 0 Å². The lowest BCUT2D eigenvalue weighted by molar-refractivity contribution is -0.274. The number of benzene rings is 3. The second kappa shape index (κ2) is 10.2. The molecular weight excluding hydrogens is 495 g/mol. The molecule has 0 spiro atoms. The average molecular weight is 524 g/mol. The summed E-state index contributed by atoms with van der Waals surface area (Å²) in [4.78, 5) is 23.1. The van der Waals surface area contributed by atoms with Crippen LogP contribution in [0.25, 0.3) is 11.1 Å². The molecule has 198 valence electrons. The third-order valence-electron chi connectivity index (χ3n) is 7.94. The monoisotopic (exact) mass is 523 g/mol. The molecule has 1 amide bonds. The summed E-state index contributed by atoms with van der Waals surface area (Å²) in [6, 6.07) is 21.6. The molecule has 38 heavy (non-hydrogen) atoms. The Kier molecular flexibility index (Phi) is 6.90. The van der Waals surface area contributed by atoms with Gasteiger partial charge in [0, 0.05) is 17.5 Å². The van der Waals surface area contributed by atoms with E-state index in [1.165, 1.54) is 18.6 Å². The van der Waals surface area contributed by atoms with Crippen LogP contribution in [0.4, 0.5) is 13.2 Å². The first kappa shape index (κ1) is 25.8. The van der Waals surface area contributed by atoms with Crippen LogP contribution in [0, 0.1) is 11.8 Å². The highest BCUT2D eigenvalue weighted by Crippen LogP contribution is 2.60. The summed E-state index contributed by atoms with van der Waals surface area (Å²) in [7, 11) is 0. The smallest absolute Gasteiger partial charge is 0.481 e. The maximum absolute atomic E-state index is 12.7. The number of ether oxygens (including phenoxy) is 1. The first-order valence-corrected chi connectivity index (χ1v) is 12.7. The summed E-state index contributed by atoms with van der Waals surface area (Å²) in [5.41, 5.74) is 4.02. The van der Waals surface area contributed by atoms with Crippen LogP contribution in [0.5, 0.6) is 5.75 Å². The van der Waals surface area contributed by atoms with Gasteiger partial charge >= 0.3 is 12.3 Å². The lowest BCUT2D eigenvalue weighted by Crippen LogP contribution is -2.34. The number of alkyl halides is 3. The first-order chi connectivity index (χ1) is 18.1. The van der Waals surface area contributed by atoms with Crippen LogP contribution in [-0.2, 0) is 10.2 Å². The number of amides is 1. The van der Waals surface area contributed by atoms with Crippen molar-refractivity contribution in [1.29, 1.82) is 0 Å². The Balaban J connectivity index is 1.41. The molecule has 2 fully saturated rings. The Labute approximate surface area is 218 Å². The number of hydrogen-bond donors (Lipinski definition) is 2. The number of carboxylic acid groups (broad SMARTS) is 1. The predicted molar refractivity (Wildman–Crippen MR) is 136 cm³/mol. The molecule has 3 unspecified atom stereocenters. The summed E-state index contributed by atoms with van der Waals surface area (Å²) >= 11 is 0. The van der Waals surface area contributed by atoms with E-state index in [1.54, 1.807) is 24.3 Å². The normalized spacial score (nSPS) is 22.3. The molecule has 5 nitrogen and oxygen atoms in total. The van der Waals surface area contributed by atoms with Crippen molar-refractivity contribution in [2.75, 3.05) is 6.54 Å². The molecule has 2 saturated carbocycles. The van der Waals surface area contributed by atoms with E-state index in [0.717, 1.165) is 36.0 Å². The van der Waals surface area contributed by atoms with E-state index in [-0.39, 0.29) is 30.0 Å². The number of carboxylic acids is 1. The van der Waals surface area contributed by atoms with Crippen molar-refractivity contribution in [3.05, 3.63) is 89.5 Å². The molecule has 0 radical (unpaired) electrons. The van der Waals surface area contributed by atoms with Gasteiger partial charge in [-0.05, 0) is 77.6 Å². The number of aliphatic carboxylic acids is 1. The van der Waals surface area contributed by atoms with E-state index < -0.39 is 12.3 Å². The van der Waals surface area contributed by atoms with Gasteiger partial charge in [-0.25, -0.2) is 0 Å². The van der Waals surface area contributed by atoms with Gasteiger partial charge in [0.05, 0.1) is 6.42 Å². The second-order valence-electron chi connectivity index (χ2n) is 10.2. The fourth-order valence-corrected chi connectivity index (χ4v) is 6.34. The molecule has 5 rings (SSSR count). The Morgan fingerprint density at radius 3 is 2.21 bits per heavy atom. The highest BCUT2D eigenvalue weighted by molar-refractivity contribution is 5.94. The fourth-order valence-electron chi connectivity index (χ4n) is 6.34. The quantitative estimate of drug-likeness (QED) is 0.351. The largest absolute Gasteiger partial charge is 0.573 e. The van der Waals surface area contributed by atoms with Crippen LogP contribution in [0.2, 0.25) is 0 Å². The fraction of sp³-hybridized carbons (Fsp3) is 0.333. The minimum absolute atomic E-state index is 0.0706. The number of carbonyl (C=O) groups is 2. The van der Waals surface area contributed by atoms with Crippen LogP contribution in [0.1, 0.15) is 53.6 Å². The van der Waals surface area contributed by atoms with Crippen molar-refractivity contribution in [2.24, 2.45) is 11.8 Å². The summed E-state index contributed by atoms with van der Waals surface area (Å²) in [5.74, 6) is -0.421. The van der Waals surface area contributed by atoms with E-state index in [2.05, 4.69) is 22.2 Å². The highest BCUT2D eigenvalue weighted by Gasteiger charge is 2.52. The van der Waals surface area contributed by atoms with Crippen molar-refractivity contribution in [3.63, 3.8) is 0 Å². The SMILES string of the molecule is O=C(O)CCNC(=O)c1ccc(C2(c3ccc(-c4cccc(OC(F)(F)F)c4)cc3)CC3CCC2C3)cc1. The summed E-state index contributed by atoms with van der Waals surface area (Å²) in [5, 5.41) is 11.4. The van der Waals surface area contributed by atoms with Gasteiger partial charge in [-0.3, -0.25) is 9.59 Å². The zero-order chi connectivity index (χ0) is 26.9. The van der Waals surface area contributed by atoms with Crippen LogP contribution in [-0.4, -0.2) is 29.9 Å². The molecule has 0 heterocycles. The number of carbonyl (C=O) groups excluding carboxylic acids is 1. The number of rotatable bonds is 8. The average Bonchev–Trinajstić information content (AvgIpc) is 3.50. The molecule has 2 aliphatic rings. The lowest BCUT2D eigenvalue weighted by Gasteiger charge is -2.39. The molecule has 3 atom stereocenters. The maximum Gasteiger partial charge on any atom is 0.573 e. The Bertz CT molecular complexity index is 1320. The van der Waals surface area contributed by atoms with Crippen molar-refractivity contribution in [3.8, 4) is 16.9 Å². The molecule has 2 bridgehead atoms. The van der Waals surface area contributed by atoms with Gasteiger partial charge in [0.15, 0.2) is 0 Å². The highest BCUT2D eigenvalue weighted by atomic mass is 19.4. The molecule has 2 aliphatic carbocycles. The van der Waals surface area contributed by atoms with Crippen LogP contribution >= 0.6 is 0 Å². The number of fused-ring (bicyclic) bond motifs is 2. The van der Waals surface area contributed by atoms with E-state index in [4.69, 9.17) is 5.11 Å². The minimum atomic E-state index is -4.74. The second-order valence-corrected chi connectivity index (χ2v) is 10.2. The molecule has 2 N–H and O–H groups in total. The number of hydrogen-bond acceptors (Lipinski definition) is 3. The Morgan fingerprint density at radius 1 is 0.947 bits per heavy atom. The molecule has 0 saturated heterocycles. The maximum atomic E-state index is 12.7. The third-order valence-corrected chi connectivity index (χ3v) is 7.94. The first-order valence-electron chi connectivity index (χ1n) is 12.7. The Morgan fingerprint density at radius 2 is 1.63 bits per heavy atom. The summed E-state index contributed by atoms with van der Waals surface area (Å²) in [6.45, 7) is 0.0706. The van der Waals surface area contributed by atoms with E-state index >= 15 is 0 Å². The molecule has 3 aromatic carbocycles. The number of nitrogens with one attached hydrogen (secondary N) is 1. The zero-order valence-electron chi connectivity index (χ0n) is 20.6.